The first-order valence-electron chi connectivity index (χ1n) is 8.90. The Hall–Kier alpha value is -4.06. The van der Waals surface area contributed by atoms with Crippen molar-refractivity contribution < 1.29 is 32.2 Å². The predicted molar refractivity (Wildman–Crippen MR) is 102 cm³/mol. The molecule has 0 aliphatic heterocycles. The minimum absolute atomic E-state index is 0.0597. The predicted octanol–water partition coefficient (Wildman–Crippen LogP) is 4.46. The van der Waals surface area contributed by atoms with Crippen molar-refractivity contribution in [2.24, 2.45) is 0 Å². The SMILES string of the molecule is COC(=O)Cc1cc(F)c(Oc2cccc(OCc3ccc(C#N)cc3F)n2)cc1F. The van der Waals surface area contributed by atoms with Gasteiger partial charge in [0, 0.05) is 29.3 Å². The molecule has 158 valence electrons. The number of ether oxygens (including phenoxy) is 3. The first-order valence-corrected chi connectivity index (χ1v) is 8.90. The number of nitriles is 1. The molecule has 0 amide bonds. The number of hydrogen-bond donors (Lipinski definition) is 0. The van der Waals surface area contributed by atoms with Crippen LogP contribution in [0.4, 0.5) is 13.2 Å². The molecular weight excluding hydrogens is 413 g/mol. The summed E-state index contributed by atoms with van der Waals surface area (Å²) in [7, 11) is 1.14. The van der Waals surface area contributed by atoms with Gasteiger partial charge in [-0.2, -0.15) is 10.2 Å². The summed E-state index contributed by atoms with van der Waals surface area (Å²) in [6.45, 7) is -0.167. The summed E-state index contributed by atoms with van der Waals surface area (Å²) in [5.41, 5.74) is 0.217. The molecule has 31 heavy (non-hydrogen) atoms. The molecule has 0 atom stereocenters. The summed E-state index contributed by atoms with van der Waals surface area (Å²) < 4.78 is 57.5. The number of carbonyl (C=O) groups excluding carboxylic acids is 1. The maximum atomic E-state index is 14.3. The molecule has 3 aromatic rings. The average Bonchev–Trinajstić information content (AvgIpc) is 2.76. The van der Waals surface area contributed by atoms with Crippen LogP contribution in [0.15, 0.2) is 48.5 Å². The monoisotopic (exact) mass is 428 g/mol. The molecule has 0 unspecified atom stereocenters. The fourth-order valence-electron chi connectivity index (χ4n) is 2.54. The van der Waals surface area contributed by atoms with E-state index >= 15 is 0 Å². The third kappa shape index (κ3) is 5.51. The Morgan fingerprint density at radius 3 is 2.45 bits per heavy atom. The molecule has 0 aliphatic rings. The number of carbonyl (C=O) groups is 1. The van der Waals surface area contributed by atoms with Gasteiger partial charge in [-0.15, -0.1) is 0 Å². The zero-order valence-electron chi connectivity index (χ0n) is 16.2. The van der Waals surface area contributed by atoms with Crippen molar-refractivity contribution in [3.63, 3.8) is 0 Å². The third-order valence-electron chi connectivity index (χ3n) is 4.13. The van der Waals surface area contributed by atoms with Gasteiger partial charge in [0.25, 0.3) is 0 Å². The van der Waals surface area contributed by atoms with E-state index in [1.807, 2.05) is 6.07 Å². The molecule has 0 bridgehead atoms. The molecular formula is C22H15F3N2O4. The van der Waals surface area contributed by atoms with E-state index in [4.69, 9.17) is 14.7 Å². The topological polar surface area (TPSA) is 81.4 Å². The number of esters is 1. The van der Waals surface area contributed by atoms with Gasteiger partial charge >= 0.3 is 5.97 Å². The molecule has 0 N–H and O–H groups in total. The average molecular weight is 428 g/mol. The second-order valence-electron chi connectivity index (χ2n) is 6.25. The molecule has 0 saturated carbocycles. The number of pyridine rings is 1. The summed E-state index contributed by atoms with van der Waals surface area (Å²) in [5, 5.41) is 8.77. The van der Waals surface area contributed by atoms with Crippen LogP contribution < -0.4 is 9.47 Å². The lowest BCUT2D eigenvalue weighted by Gasteiger charge is -2.10. The van der Waals surface area contributed by atoms with E-state index in [0.29, 0.717) is 0 Å². The van der Waals surface area contributed by atoms with Crippen LogP contribution in [-0.2, 0) is 22.6 Å². The lowest BCUT2D eigenvalue weighted by Crippen LogP contribution is -2.07. The number of hydrogen-bond acceptors (Lipinski definition) is 6. The zero-order valence-corrected chi connectivity index (χ0v) is 16.2. The highest BCUT2D eigenvalue weighted by Crippen LogP contribution is 2.27. The summed E-state index contributed by atoms with van der Waals surface area (Å²) >= 11 is 0. The molecule has 1 heterocycles. The van der Waals surface area contributed by atoms with Gasteiger partial charge < -0.3 is 14.2 Å². The maximum absolute atomic E-state index is 14.3. The van der Waals surface area contributed by atoms with Crippen molar-refractivity contribution in [2.75, 3.05) is 7.11 Å². The van der Waals surface area contributed by atoms with Crippen molar-refractivity contribution in [3.05, 3.63) is 82.7 Å². The number of rotatable bonds is 7. The van der Waals surface area contributed by atoms with Crippen LogP contribution in [0, 0.1) is 28.8 Å². The zero-order chi connectivity index (χ0) is 22.4. The third-order valence-corrected chi connectivity index (χ3v) is 4.13. The van der Waals surface area contributed by atoms with Gasteiger partial charge in [-0.1, -0.05) is 12.1 Å². The highest BCUT2D eigenvalue weighted by molar-refractivity contribution is 5.72. The van der Waals surface area contributed by atoms with Crippen molar-refractivity contribution in [2.45, 2.75) is 13.0 Å². The summed E-state index contributed by atoms with van der Waals surface area (Å²) in [6, 6.07) is 11.8. The number of benzene rings is 2. The molecule has 3 rings (SSSR count). The molecule has 1 aromatic heterocycles. The van der Waals surface area contributed by atoms with Crippen LogP contribution in [0.25, 0.3) is 0 Å². The van der Waals surface area contributed by atoms with Gasteiger partial charge in [-0.25, -0.2) is 13.2 Å². The van der Waals surface area contributed by atoms with E-state index in [-0.39, 0.29) is 35.1 Å². The quantitative estimate of drug-likeness (QED) is 0.517. The molecule has 0 saturated heterocycles. The van der Waals surface area contributed by atoms with Crippen LogP contribution >= 0.6 is 0 Å². The molecule has 0 aliphatic carbocycles. The molecule has 0 radical (unpaired) electrons. The first kappa shape index (κ1) is 21.6. The second kappa shape index (κ2) is 9.63. The lowest BCUT2D eigenvalue weighted by atomic mass is 10.1. The number of aromatic nitrogens is 1. The number of halogens is 3. The normalized spacial score (nSPS) is 10.3. The smallest absolute Gasteiger partial charge is 0.310 e. The van der Waals surface area contributed by atoms with E-state index in [1.165, 1.54) is 30.3 Å². The molecule has 6 nitrogen and oxygen atoms in total. The van der Waals surface area contributed by atoms with Crippen molar-refractivity contribution in [1.82, 2.24) is 4.98 Å². The van der Waals surface area contributed by atoms with E-state index in [1.54, 1.807) is 0 Å². The van der Waals surface area contributed by atoms with Gasteiger partial charge in [0.1, 0.15) is 18.2 Å². The van der Waals surface area contributed by atoms with Crippen LogP contribution in [0.2, 0.25) is 0 Å². The fraction of sp³-hybridized carbons (Fsp3) is 0.136. The van der Waals surface area contributed by atoms with Crippen molar-refractivity contribution >= 4 is 5.97 Å². The maximum Gasteiger partial charge on any atom is 0.310 e. The molecule has 2 aromatic carbocycles. The molecule has 0 spiro atoms. The molecule has 0 fully saturated rings. The van der Waals surface area contributed by atoms with Crippen molar-refractivity contribution in [1.29, 1.82) is 5.26 Å². The summed E-state index contributed by atoms with van der Waals surface area (Å²) in [4.78, 5) is 15.3. The summed E-state index contributed by atoms with van der Waals surface area (Å²) in [5.74, 6) is -3.51. The van der Waals surface area contributed by atoms with Crippen LogP contribution in [0.5, 0.6) is 17.5 Å². The lowest BCUT2D eigenvalue weighted by molar-refractivity contribution is -0.139. The fourth-order valence-corrected chi connectivity index (χ4v) is 2.54. The summed E-state index contributed by atoms with van der Waals surface area (Å²) in [6.07, 6.45) is -0.424. The Labute approximate surface area is 175 Å². The number of nitrogens with zero attached hydrogens (tertiary/aromatic N) is 2. The Kier molecular flexibility index (Phi) is 6.72. The minimum Gasteiger partial charge on any atom is -0.473 e. The Bertz CT molecular complexity index is 1160. The highest BCUT2D eigenvalue weighted by Gasteiger charge is 2.15. The van der Waals surface area contributed by atoms with Crippen LogP contribution in [0.1, 0.15) is 16.7 Å². The van der Waals surface area contributed by atoms with E-state index < -0.39 is 35.6 Å². The van der Waals surface area contributed by atoms with Crippen molar-refractivity contribution in [3.8, 4) is 23.6 Å². The Morgan fingerprint density at radius 1 is 1.00 bits per heavy atom. The van der Waals surface area contributed by atoms with Gasteiger partial charge in [-0.05, 0) is 18.2 Å². The highest BCUT2D eigenvalue weighted by atomic mass is 19.1. The largest absolute Gasteiger partial charge is 0.473 e. The Morgan fingerprint density at radius 2 is 1.74 bits per heavy atom. The standard InChI is InChI=1S/C22H15F3N2O4/c1-29-22(28)9-15-8-18(25)19(10-17(15)24)31-21-4-2-3-20(27-21)30-12-14-6-5-13(11-26)7-16(14)23/h2-8,10H,9,12H2,1H3. The van der Waals surface area contributed by atoms with Crippen LogP contribution in [0.3, 0.4) is 0 Å². The number of methoxy groups -OCH3 is 1. The van der Waals surface area contributed by atoms with Crippen LogP contribution in [-0.4, -0.2) is 18.1 Å². The first-order chi connectivity index (χ1) is 14.9. The van der Waals surface area contributed by atoms with E-state index in [2.05, 4.69) is 9.72 Å². The minimum atomic E-state index is -0.895. The van der Waals surface area contributed by atoms with Gasteiger partial charge in [0.15, 0.2) is 11.6 Å². The Balaban J connectivity index is 1.71. The second-order valence-corrected chi connectivity index (χ2v) is 6.25. The van der Waals surface area contributed by atoms with Gasteiger partial charge in [-0.3, -0.25) is 4.79 Å². The van der Waals surface area contributed by atoms with Gasteiger partial charge in [0.05, 0.1) is 25.2 Å². The van der Waals surface area contributed by atoms with E-state index in [0.717, 1.165) is 25.3 Å². The molecule has 9 heteroatoms. The van der Waals surface area contributed by atoms with E-state index in [9.17, 15) is 18.0 Å². The van der Waals surface area contributed by atoms with Gasteiger partial charge in [0.2, 0.25) is 11.8 Å².